The molecule has 77 heavy (non-hydrogen) atoms. The molecule has 0 spiro atoms. The van der Waals surface area contributed by atoms with Crippen molar-refractivity contribution in [3.8, 4) is 0 Å². The number of rotatable bonds is 30. The number of nitrogens with two attached hydrogens (primary N) is 1. The van der Waals surface area contributed by atoms with Crippen molar-refractivity contribution in [2.45, 2.75) is 168 Å². The molecule has 0 aromatic heterocycles. The highest BCUT2D eigenvalue weighted by atomic mass is 31.2. The number of phosphoric ester groups is 2. The Balaban J connectivity index is 1.55. The molecule has 24 atom stereocenters. The lowest BCUT2D eigenvalue weighted by molar-refractivity contribution is -0.352. The molecular formula is C39H69N3O33P2. The van der Waals surface area contributed by atoms with E-state index in [9.17, 15) is 104 Å². The molecule has 4 heterocycles. The minimum Gasteiger partial charge on any atom is -0.479 e. The van der Waals surface area contributed by atoms with Crippen molar-refractivity contribution >= 4 is 39.4 Å². The van der Waals surface area contributed by atoms with Crippen molar-refractivity contribution in [3.05, 3.63) is 0 Å². The largest absolute Gasteiger partial charge is 0.479 e. The summed E-state index contributed by atoms with van der Waals surface area (Å²) in [5.41, 5.74) is 5.44. The minimum absolute atomic E-state index is 0.277. The Hall–Kier alpha value is -2.70. The number of ether oxygens (including phenoxy) is 8. The highest BCUT2D eigenvalue weighted by Gasteiger charge is 2.55. The second-order valence-electron chi connectivity index (χ2n) is 17.7. The van der Waals surface area contributed by atoms with Gasteiger partial charge in [-0.15, -0.1) is 0 Å². The molecule has 36 nitrogen and oxygen atoms in total. The van der Waals surface area contributed by atoms with Crippen molar-refractivity contribution < 1.29 is 160 Å². The van der Waals surface area contributed by atoms with Crippen LogP contribution >= 0.6 is 15.6 Å². The fourth-order valence-corrected chi connectivity index (χ4v) is 9.47. The number of carbonyl (C=O) groups excluding carboxylic acids is 2. The van der Waals surface area contributed by atoms with Gasteiger partial charge in [0, 0.05) is 13.8 Å². The minimum atomic E-state index is -5.55. The van der Waals surface area contributed by atoms with Crippen LogP contribution in [0.25, 0.3) is 0 Å². The monoisotopic (exact) mass is 1170 g/mol. The van der Waals surface area contributed by atoms with Crippen LogP contribution in [0.5, 0.6) is 0 Å². The van der Waals surface area contributed by atoms with Crippen LogP contribution in [-0.4, -0.2) is 288 Å². The number of carboxylic acids is 2. The van der Waals surface area contributed by atoms with Gasteiger partial charge in [-0.3, -0.25) is 27.7 Å². The fraction of sp³-hybridized carbons (Fsp3) is 0.897. The summed E-state index contributed by atoms with van der Waals surface area (Å²) < 4.78 is 89.9. The number of phosphoric acid groups is 2. The maximum absolute atomic E-state index is 13.4. The molecule has 0 radical (unpaired) electrons. The maximum atomic E-state index is 13.4. The van der Waals surface area contributed by atoms with Crippen LogP contribution in [0.4, 0.5) is 0 Å². The fourth-order valence-electron chi connectivity index (χ4n) is 7.96. The van der Waals surface area contributed by atoms with E-state index in [-0.39, 0.29) is 13.0 Å². The van der Waals surface area contributed by atoms with Gasteiger partial charge in [0.1, 0.15) is 97.5 Å². The Morgan fingerprint density at radius 1 is 0.519 bits per heavy atom. The first-order valence-electron chi connectivity index (χ1n) is 23.5. The summed E-state index contributed by atoms with van der Waals surface area (Å²) in [6.07, 6.45) is -40.2. The molecule has 0 aromatic rings. The van der Waals surface area contributed by atoms with E-state index in [4.69, 9.17) is 61.7 Å². The second kappa shape index (κ2) is 30.4. The molecule has 0 bridgehead atoms. The number of unbranched alkanes of at least 4 members (excludes halogenated alkanes) is 2. The predicted octanol–water partition coefficient (Wildman–Crippen LogP) is -9.13. The summed E-state index contributed by atoms with van der Waals surface area (Å²) in [5.74, 6) is -5.30. The van der Waals surface area contributed by atoms with Gasteiger partial charge in [0.15, 0.2) is 37.4 Å². The molecule has 38 heteroatoms. The lowest BCUT2D eigenvalue weighted by atomic mass is 9.95. The molecule has 4 saturated heterocycles. The van der Waals surface area contributed by atoms with Crippen molar-refractivity contribution in [1.29, 1.82) is 0 Å². The lowest BCUT2D eigenvalue weighted by Gasteiger charge is -2.47. The number of amides is 2. The third-order valence-corrected chi connectivity index (χ3v) is 13.9. The molecule has 4 fully saturated rings. The van der Waals surface area contributed by atoms with Gasteiger partial charge in [0.2, 0.25) is 11.8 Å². The van der Waals surface area contributed by atoms with E-state index in [1.807, 2.05) is 0 Å². The van der Waals surface area contributed by atoms with Gasteiger partial charge < -0.3 is 130 Å². The van der Waals surface area contributed by atoms with Crippen LogP contribution in [0, 0.1) is 0 Å². The van der Waals surface area contributed by atoms with Crippen molar-refractivity contribution in [3.63, 3.8) is 0 Å². The molecule has 4 aliphatic heterocycles. The average Bonchev–Trinajstić information content (AvgIpc) is 3.36. The molecule has 4 aliphatic rings. The number of hydrogen-bond acceptors (Lipinski definition) is 30. The molecule has 0 aliphatic carbocycles. The van der Waals surface area contributed by atoms with Crippen molar-refractivity contribution in [2.75, 3.05) is 52.8 Å². The van der Waals surface area contributed by atoms with E-state index in [1.165, 1.54) is 0 Å². The predicted molar refractivity (Wildman–Crippen MR) is 240 cm³/mol. The second-order valence-corrected chi connectivity index (χ2v) is 20.6. The number of hydrogen-bond donors (Lipinski definition) is 18. The molecule has 0 aromatic carbocycles. The standard InChI is InChI=1S/C39H69N3O33P2/c1-14(46)41-22-28(52)24(48)16(8-43)68-36(22)74-32-27(51)21(73-38(30(32)54)69-17(9-44)34(56)57)13-67-77(62,63)66-11-19-25(49)29(53)23(42-15(2)47)37(71-19)75-33-26(50)20(12-65-76(60,61)64-7-5-3-4-6-40)72-39(31(33)55)70-18(10-45)35(58)59/h16-33,36-39,43-45,48-55H,3-13,40H2,1-2H3,(H,41,46)(H,42,47)(H,56,57)(H,58,59)(H,60,61)(H,62,63)/t16-,17-,18-,19-,20-,21-,22-,23-,24-,25-,26-,27-,28-,29-,30-,31-,32+,33+,36-,37-,38+,39+/m1/s1. The number of carbonyl (C=O) groups is 4. The Labute approximate surface area is 436 Å². The molecule has 2 unspecified atom stereocenters. The number of carboxylic acid groups (broad SMARTS) is 2. The normalized spacial score (nSPS) is 38.1. The summed E-state index contributed by atoms with van der Waals surface area (Å²) in [5, 5.41) is 141. The van der Waals surface area contributed by atoms with E-state index in [0.29, 0.717) is 19.4 Å². The molecular weight excluding hydrogens is 1100 g/mol. The van der Waals surface area contributed by atoms with E-state index in [1.54, 1.807) is 0 Å². The number of nitrogens with one attached hydrogen (secondary N) is 2. The third kappa shape index (κ3) is 18.7. The zero-order chi connectivity index (χ0) is 57.7. The smallest absolute Gasteiger partial charge is 0.472 e. The number of aliphatic hydroxyl groups excluding tert-OH is 11. The van der Waals surface area contributed by atoms with Gasteiger partial charge in [-0.05, 0) is 25.8 Å². The van der Waals surface area contributed by atoms with Crippen molar-refractivity contribution in [2.24, 2.45) is 5.73 Å². The summed E-state index contributed by atoms with van der Waals surface area (Å²) in [6, 6.07) is -3.53. The zero-order valence-electron chi connectivity index (χ0n) is 41.0. The van der Waals surface area contributed by atoms with Crippen LogP contribution in [0.3, 0.4) is 0 Å². The Kier molecular flexibility index (Phi) is 26.4. The van der Waals surface area contributed by atoms with E-state index in [0.717, 1.165) is 13.8 Å². The lowest BCUT2D eigenvalue weighted by Crippen LogP contribution is -2.68. The highest BCUT2D eigenvalue weighted by Crippen LogP contribution is 2.46. The van der Waals surface area contributed by atoms with Crippen LogP contribution in [0.2, 0.25) is 0 Å². The van der Waals surface area contributed by atoms with E-state index < -0.39 is 214 Å². The van der Waals surface area contributed by atoms with E-state index in [2.05, 4.69) is 10.6 Å². The van der Waals surface area contributed by atoms with Crippen molar-refractivity contribution in [1.82, 2.24) is 10.6 Å². The van der Waals surface area contributed by atoms with Gasteiger partial charge in [-0.1, -0.05) is 0 Å². The molecule has 4 rings (SSSR count). The average molecular weight is 1170 g/mol. The van der Waals surface area contributed by atoms with Crippen LogP contribution in [0.1, 0.15) is 33.1 Å². The summed E-state index contributed by atoms with van der Waals surface area (Å²) in [6.45, 7) is -4.97. The highest BCUT2D eigenvalue weighted by molar-refractivity contribution is 7.47. The first-order valence-corrected chi connectivity index (χ1v) is 26.5. The van der Waals surface area contributed by atoms with Gasteiger partial charge in [0.05, 0.1) is 46.2 Å². The zero-order valence-corrected chi connectivity index (χ0v) is 42.8. The number of aliphatic carboxylic acids is 2. The van der Waals surface area contributed by atoms with Gasteiger partial charge in [-0.2, -0.15) is 0 Å². The molecule has 448 valence electrons. The Bertz CT molecular complexity index is 1990. The molecule has 0 saturated carbocycles. The quantitative estimate of drug-likeness (QED) is 0.0235. The first kappa shape index (κ1) is 66.8. The SMILES string of the molecule is CC(=O)N[C@H]1[C@@H](O[C@@H]2[C@@H](O)[C@@H](O[C@H](CO)C(=O)O)O[C@H](COP(=O)(O)OC[C@H]3O[C@H](O[C@@H]4[C@@H](O)[C@@H](O[C@H](CO)C(=O)O)O[C@H](COP(=O)(O)OCCCCCN)[C@H]4O)[C@H](NC(C)=O)[C@@H](O)[C@@H]3O)[C@H]2O)O[C@H](CO)[C@@H](O)[C@@H]1O. The third-order valence-electron chi connectivity index (χ3n) is 12.0. The molecule has 19 N–H and O–H groups in total. The van der Waals surface area contributed by atoms with Crippen LogP contribution < -0.4 is 16.4 Å². The summed E-state index contributed by atoms with van der Waals surface area (Å²) in [4.78, 5) is 68.9. The van der Waals surface area contributed by atoms with Gasteiger partial charge >= 0.3 is 27.6 Å². The van der Waals surface area contributed by atoms with Gasteiger partial charge in [0.25, 0.3) is 0 Å². The Morgan fingerprint density at radius 3 is 1.25 bits per heavy atom. The summed E-state index contributed by atoms with van der Waals surface area (Å²) >= 11 is 0. The van der Waals surface area contributed by atoms with Crippen LogP contribution in [-0.2, 0) is 84.3 Å². The summed E-state index contributed by atoms with van der Waals surface area (Å²) in [7, 11) is -10.5. The maximum Gasteiger partial charge on any atom is 0.472 e. The topological polar surface area (TPSA) is 567 Å². The molecule has 2 amide bonds. The van der Waals surface area contributed by atoms with Crippen LogP contribution in [0.15, 0.2) is 0 Å². The van der Waals surface area contributed by atoms with E-state index >= 15 is 0 Å². The Morgan fingerprint density at radius 2 is 0.883 bits per heavy atom. The first-order chi connectivity index (χ1) is 36.1. The number of aliphatic hydroxyl groups is 11. The van der Waals surface area contributed by atoms with Gasteiger partial charge in [-0.25, -0.2) is 18.7 Å².